The zero-order chi connectivity index (χ0) is 24.9. The van der Waals surface area contributed by atoms with E-state index in [2.05, 4.69) is 16.3 Å². The number of hydrogen-bond acceptors (Lipinski definition) is 4. The van der Waals surface area contributed by atoms with Crippen LogP contribution in [-0.2, 0) is 9.59 Å². The molecule has 0 spiro atoms. The van der Waals surface area contributed by atoms with Gasteiger partial charge < -0.3 is 10.2 Å². The van der Waals surface area contributed by atoms with Crippen LogP contribution in [0.15, 0.2) is 24.3 Å². The van der Waals surface area contributed by atoms with E-state index >= 15 is 0 Å². The fraction of sp³-hybridized carbons (Fsp3) is 0.519. The second-order valence-corrected chi connectivity index (χ2v) is 9.70. The van der Waals surface area contributed by atoms with Crippen LogP contribution in [0.3, 0.4) is 0 Å². The molecular formula is C27H34FN5O2. The summed E-state index contributed by atoms with van der Waals surface area (Å²) >= 11 is 0. The predicted molar refractivity (Wildman–Crippen MR) is 133 cm³/mol. The first-order valence-corrected chi connectivity index (χ1v) is 12.6. The molecule has 0 bridgehead atoms. The van der Waals surface area contributed by atoms with E-state index in [4.69, 9.17) is 0 Å². The molecule has 2 saturated heterocycles. The average Bonchev–Trinajstić information content (AvgIpc) is 3.02. The van der Waals surface area contributed by atoms with Gasteiger partial charge in [0.2, 0.25) is 11.8 Å². The van der Waals surface area contributed by atoms with Crippen LogP contribution >= 0.6 is 0 Å². The van der Waals surface area contributed by atoms with Crippen LogP contribution < -0.4 is 5.32 Å². The van der Waals surface area contributed by atoms with Crippen molar-refractivity contribution in [2.75, 3.05) is 38.0 Å². The molecule has 0 atom stereocenters. The lowest BCUT2D eigenvalue weighted by Gasteiger charge is -2.33. The Hall–Kier alpha value is -3.18. The van der Waals surface area contributed by atoms with Gasteiger partial charge in [-0.3, -0.25) is 19.1 Å². The van der Waals surface area contributed by atoms with Gasteiger partial charge in [0.15, 0.2) is 0 Å². The lowest BCUT2D eigenvalue weighted by molar-refractivity contribution is -0.137. The van der Waals surface area contributed by atoms with Gasteiger partial charge in [-0.2, -0.15) is 5.26 Å². The van der Waals surface area contributed by atoms with Gasteiger partial charge in [-0.05, 0) is 76.4 Å². The summed E-state index contributed by atoms with van der Waals surface area (Å²) < 4.78 is 15.6. The molecule has 1 aromatic carbocycles. The number of nitrogens with one attached hydrogen (secondary N) is 1. The Balaban J connectivity index is 1.40. The maximum Gasteiger partial charge on any atom is 0.239 e. The first kappa shape index (κ1) is 24.9. The largest absolute Gasteiger partial charge is 0.342 e. The average molecular weight is 480 g/mol. The normalized spacial score (nSPS) is 17.6. The zero-order valence-corrected chi connectivity index (χ0v) is 20.6. The van der Waals surface area contributed by atoms with Gasteiger partial charge >= 0.3 is 0 Å². The molecule has 35 heavy (non-hydrogen) atoms. The van der Waals surface area contributed by atoms with Crippen molar-refractivity contribution >= 4 is 17.6 Å². The van der Waals surface area contributed by atoms with Gasteiger partial charge in [0, 0.05) is 24.7 Å². The quantitative estimate of drug-likeness (QED) is 0.698. The second kappa shape index (κ2) is 11.0. The molecule has 186 valence electrons. The van der Waals surface area contributed by atoms with Crippen LogP contribution in [0.25, 0.3) is 5.69 Å². The highest BCUT2D eigenvalue weighted by atomic mass is 19.1. The third-order valence-corrected chi connectivity index (χ3v) is 7.37. The summed E-state index contributed by atoms with van der Waals surface area (Å²) in [6, 6.07) is 8.29. The first-order chi connectivity index (χ1) is 16.9. The van der Waals surface area contributed by atoms with Gasteiger partial charge in [0.25, 0.3) is 0 Å². The number of rotatable bonds is 5. The van der Waals surface area contributed by atoms with Crippen molar-refractivity contribution in [1.29, 1.82) is 5.26 Å². The van der Waals surface area contributed by atoms with E-state index in [1.54, 1.807) is 16.7 Å². The smallest absolute Gasteiger partial charge is 0.239 e. The van der Waals surface area contributed by atoms with Crippen molar-refractivity contribution in [1.82, 2.24) is 14.4 Å². The van der Waals surface area contributed by atoms with Crippen molar-refractivity contribution in [2.24, 2.45) is 5.92 Å². The van der Waals surface area contributed by atoms with E-state index in [1.807, 2.05) is 18.7 Å². The number of likely N-dealkylation sites (tertiary alicyclic amines) is 2. The number of nitriles is 1. The molecule has 0 aliphatic carbocycles. The minimum atomic E-state index is -0.387. The molecule has 0 saturated carbocycles. The number of carbonyl (C=O) groups excluding carboxylic acids is 2. The number of carbonyl (C=O) groups is 2. The molecule has 2 amide bonds. The third kappa shape index (κ3) is 5.57. The monoisotopic (exact) mass is 479 g/mol. The number of halogens is 1. The SMILES string of the molecule is Cc1c(C#N)c(NC(=O)CN2CCC(C(=O)N3CCCCCC3)CC2)n(-c2cccc(F)c2)c1C. The van der Waals surface area contributed by atoms with Gasteiger partial charge in [-0.15, -0.1) is 0 Å². The van der Waals surface area contributed by atoms with Crippen molar-refractivity contribution in [3.63, 3.8) is 0 Å². The zero-order valence-electron chi connectivity index (χ0n) is 20.6. The Bertz CT molecular complexity index is 1120. The van der Waals surface area contributed by atoms with Gasteiger partial charge in [0.1, 0.15) is 17.7 Å². The number of hydrogen-bond donors (Lipinski definition) is 1. The fourth-order valence-corrected chi connectivity index (χ4v) is 5.26. The summed E-state index contributed by atoms with van der Waals surface area (Å²) in [5, 5.41) is 12.7. The lowest BCUT2D eigenvalue weighted by Crippen LogP contribution is -2.44. The number of benzene rings is 1. The van der Waals surface area contributed by atoms with E-state index in [-0.39, 0.29) is 30.1 Å². The molecule has 7 nitrogen and oxygen atoms in total. The molecule has 1 N–H and O–H groups in total. The number of aromatic nitrogens is 1. The standard InChI is InChI=1S/C27H34FN5O2/c1-19-20(2)33(23-9-7-8-22(28)16-23)26(24(19)17-29)30-25(34)18-31-14-10-21(11-15-31)27(35)32-12-5-3-4-6-13-32/h7-9,16,21H,3-6,10-15,18H2,1-2H3,(H,30,34). The molecule has 2 aromatic rings. The van der Waals surface area contributed by atoms with Crippen LogP contribution in [0.2, 0.25) is 0 Å². The Morgan fingerprint density at radius 1 is 1.09 bits per heavy atom. The number of amides is 2. The third-order valence-electron chi connectivity index (χ3n) is 7.37. The Kier molecular flexibility index (Phi) is 7.86. The summed E-state index contributed by atoms with van der Waals surface area (Å²) in [6.45, 7) is 6.96. The Morgan fingerprint density at radius 3 is 2.40 bits per heavy atom. The molecule has 3 heterocycles. The topological polar surface area (TPSA) is 81.4 Å². The maximum absolute atomic E-state index is 13.9. The molecule has 1 aromatic heterocycles. The summed E-state index contributed by atoms with van der Waals surface area (Å²) in [6.07, 6.45) is 6.09. The molecule has 2 fully saturated rings. The second-order valence-electron chi connectivity index (χ2n) is 9.70. The molecule has 0 radical (unpaired) electrons. The van der Waals surface area contributed by atoms with Crippen molar-refractivity contribution in [2.45, 2.75) is 52.4 Å². The van der Waals surface area contributed by atoms with Crippen LogP contribution in [0.1, 0.15) is 55.3 Å². The number of piperidine rings is 1. The highest BCUT2D eigenvalue weighted by molar-refractivity contribution is 5.93. The van der Waals surface area contributed by atoms with Gasteiger partial charge in [-0.25, -0.2) is 4.39 Å². The van der Waals surface area contributed by atoms with Gasteiger partial charge in [0.05, 0.1) is 17.8 Å². The number of anilines is 1. The molecular weight excluding hydrogens is 445 g/mol. The van der Waals surface area contributed by atoms with E-state index in [0.29, 0.717) is 30.2 Å². The van der Waals surface area contributed by atoms with Crippen molar-refractivity contribution in [3.05, 3.63) is 46.9 Å². The van der Waals surface area contributed by atoms with Crippen LogP contribution in [0.5, 0.6) is 0 Å². The van der Waals surface area contributed by atoms with E-state index in [0.717, 1.165) is 50.0 Å². The molecule has 0 unspecified atom stereocenters. The minimum absolute atomic E-state index is 0.0353. The van der Waals surface area contributed by atoms with Crippen molar-refractivity contribution < 1.29 is 14.0 Å². The summed E-state index contributed by atoms with van der Waals surface area (Å²) in [5.74, 6) is 0.0570. The van der Waals surface area contributed by atoms with E-state index < -0.39 is 0 Å². The summed E-state index contributed by atoms with van der Waals surface area (Å²) in [5.41, 5.74) is 2.45. The van der Waals surface area contributed by atoms with Crippen molar-refractivity contribution in [3.8, 4) is 11.8 Å². The number of nitrogens with zero attached hydrogens (tertiary/aromatic N) is 4. The van der Waals surface area contributed by atoms with Crippen LogP contribution in [-0.4, -0.2) is 58.9 Å². The first-order valence-electron chi connectivity index (χ1n) is 12.6. The summed E-state index contributed by atoms with van der Waals surface area (Å²) in [4.78, 5) is 30.0. The highest BCUT2D eigenvalue weighted by Crippen LogP contribution is 2.30. The van der Waals surface area contributed by atoms with E-state index in [1.165, 1.54) is 25.0 Å². The minimum Gasteiger partial charge on any atom is -0.342 e. The molecule has 2 aliphatic rings. The molecule has 4 rings (SSSR count). The molecule has 2 aliphatic heterocycles. The fourth-order valence-electron chi connectivity index (χ4n) is 5.26. The van der Waals surface area contributed by atoms with Crippen LogP contribution in [0, 0.1) is 36.9 Å². The van der Waals surface area contributed by atoms with Gasteiger partial charge in [-0.1, -0.05) is 18.9 Å². The Labute approximate surface area is 206 Å². The van der Waals surface area contributed by atoms with Crippen LogP contribution in [0.4, 0.5) is 10.2 Å². The predicted octanol–water partition coefficient (Wildman–Crippen LogP) is 4.16. The lowest BCUT2D eigenvalue weighted by atomic mass is 9.95. The van der Waals surface area contributed by atoms with E-state index in [9.17, 15) is 19.2 Å². The maximum atomic E-state index is 13.9. The molecule has 8 heteroatoms. The highest BCUT2D eigenvalue weighted by Gasteiger charge is 2.30. The summed E-state index contributed by atoms with van der Waals surface area (Å²) in [7, 11) is 0. The Morgan fingerprint density at radius 2 is 1.77 bits per heavy atom.